The van der Waals surface area contributed by atoms with Crippen LogP contribution < -0.4 is 4.72 Å². The molecule has 0 fully saturated rings. The number of nitrogens with zero attached hydrogens (tertiary/aromatic N) is 1. The molecule has 0 aliphatic carbocycles. The zero-order valence-electron chi connectivity index (χ0n) is 11.5. The van der Waals surface area contributed by atoms with Crippen LogP contribution in [-0.2, 0) is 16.2 Å². The van der Waals surface area contributed by atoms with Gasteiger partial charge in [-0.3, -0.25) is 14.8 Å². The fourth-order valence-corrected chi connectivity index (χ4v) is 3.07. The molecule has 128 valence electrons. The molecular formula is C13H8F4N2O4S. The SMILES string of the molecule is O=[N+]([O-])c1ccccc1S(=O)(=O)Nc1ccc(F)c(C(F)(F)F)c1. The van der Waals surface area contributed by atoms with Gasteiger partial charge in [-0.15, -0.1) is 0 Å². The number of nitro benzene ring substituents is 1. The molecule has 11 heteroatoms. The Balaban J connectivity index is 2.46. The maximum Gasteiger partial charge on any atom is 0.419 e. The van der Waals surface area contributed by atoms with Crippen molar-refractivity contribution >= 4 is 21.4 Å². The minimum absolute atomic E-state index is 0.266. The number of para-hydroxylation sites is 1. The second kappa shape index (κ2) is 6.07. The zero-order valence-corrected chi connectivity index (χ0v) is 12.4. The van der Waals surface area contributed by atoms with Crippen LogP contribution in [0.25, 0.3) is 0 Å². The molecule has 0 bridgehead atoms. The van der Waals surface area contributed by atoms with Gasteiger partial charge in [0, 0.05) is 11.8 Å². The summed E-state index contributed by atoms with van der Waals surface area (Å²) < 4.78 is 77.3. The number of sulfonamides is 1. The van der Waals surface area contributed by atoms with Crippen molar-refractivity contribution < 1.29 is 30.9 Å². The average molecular weight is 364 g/mol. The lowest BCUT2D eigenvalue weighted by Gasteiger charge is -2.12. The molecule has 0 aliphatic rings. The third kappa shape index (κ3) is 3.62. The number of halogens is 4. The van der Waals surface area contributed by atoms with Gasteiger partial charge in [0.15, 0.2) is 4.90 Å². The van der Waals surface area contributed by atoms with E-state index in [0.29, 0.717) is 6.07 Å². The molecule has 6 nitrogen and oxygen atoms in total. The number of hydrogen-bond acceptors (Lipinski definition) is 4. The van der Waals surface area contributed by atoms with E-state index in [1.54, 1.807) is 4.72 Å². The normalized spacial score (nSPS) is 12.0. The van der Waals surface area contributed by atoms with E-state index in [-0.39, 0.29) is 6.07 Å². The van der Waals surface area contributed by atoms with Crippen molar-refractivity contribution in [3.05, 3.63) is 64.0 Å². The third-order valence-electron chi connectivity index (χ3n) is 2.88. The third-order valence-corrected chi connectivity index (χ3v) is 4.30. The number of hydrogen-bond donors (Lipinski definition) is 1. The molecule has 1 N–H and O–H groups in total. The Bertz CT molecular complexity index is 897. The van der Waals surface area contributed by atoms with Gasteiger partial charge in [0.25, 0.3) is 15.7 Å². The van der Waals surface area contributed by atoms with Crippen LogP contribution in [0.1, 0.15) is 5.56 Å². The molecule has 2 rings (SSSR count). The minimum atomic E-state index is -5.02. The Labute approximate surface area is 132 Å². The largest absolute Gasteiger partial charge is 0.419 e. The van der Waals surface area contributed by atoms with Crippen LogP contribution in [0.2, 0.25) is 0 Å². The average Bonchev–Trinajstić information content (AvgIpc) is 2.48. The van der Waals surface area contributed by atoms with Crippen LogP contribution in [0.3, 0.4) is 0 Å². The van der Waals surface area contributed by atoms with Crippen LogP contribution in [0.5, 0.6) is 0 Å². The first-order valence-corrected chi connectivity index (χ1v) is 7.63. The van der Waals surface area contributed by atoms with Crippen molar-refractivity contribution in [1.29, 1.82) is 0 Å². The number of nitrogens with one attached hydrogen (secondary N) is 1. The van der Waals surface area contributed by atoms with Crippen molar-refractivity contribution in [2.75, 3.05) is 4.72 Å². The van der Waals surface area contributed by atoms with Crippen molar-refractivity contribution in [2.45, 2.75) is 11.1 Å². The Morgan fingerprint density at radius 2 is 1.71 bits per heavy atom. The summed E-state index contributed by atoms with van der Waals surface area (Å²) in [7, 11) is -4.55. The summed E-state index contributed by atoms with van der Waals surface area (Å²) in [5, 5.41) is 10.9. The number of rotatable bonds is 4. The minimum Gasteiger partial charge on any atom is -0.279 e. The van der Waals surface area contributed by atoms with Gasteiger partial charge in [-0.1, -0.05) is 12.1 Å². The fourth-order valence-electron chi connectivity index (χ4n) is 1.85. The van der Waals surface area contributed by atoms with Gasteiger partial charge >= 0.3 is 6.18 Å². The van der Waals surface area contributed by atoms with Crippen molar-refractivity contribution in [3.63, 3.8) is 0 Å². The lowest BCUT2D eigenvalue weighted by atomic mass is 10.2. The van der Waals surface area contributed by atoms with Crippen LogP contribution >= 0.6 is 0 Å². The molecule has 0 amide bonds. The predicted molar refractivity (Wildman–Crippen MR) is 75.3 cm³/mol. The molecule has 0 aromatic heterocycles. The predicted octanol–water partition coefficient (Wildman–Crippen LogP) is 3.55. The van der Waals surface area contributed by atoms with Crippen LogP contribution in [-0.4, -0.2) is 13.3 Å². The second-order valence-electron chi connectivity index (χ2n) is 4.52. The van der Waals surface area contributed by atoms with Crippen LogP contribution in [0.15, 0.2) is 47.4 Å². The van der Waals surface area contributed by atoms with Crippen LogP contribution in [0.4, 0.5) is 28.9 Å². The number of nitro groups is 1. The summed E-state index contributed by atoms with van der Waals surface area (Å²) in [6.45, 7) is 0. The molecular weight excluding hydrogens is 356 g/mol. The van der Waals surface area contributed by atoms with Gasteiger partial charge in [0.2, 0.25) is 0 Å². The van der Waals surface area contributed by atoms with Gasteiger partial charge in [-0.25, -0.2) is 12.8 Å². The van der Waals surface area contributed by atoms with E-state index in [2.05, 4.69) is 0 Å². The van der Waals surface area contributed by atoms with Gasteiger partial charge in [0.1, 0.15) is 5.82 Å². The smallest absolute Gasteiger partial charge is 0.279 e. The molecule has 2 aromatic rings. The zero-order chi connectivity index (χ0) is 18.1. The summed E-state index contributed by atoms with van der Waals surface area (Å²) >= 11 is 0. The van der Waals surface area contributed by atoms with Crippen LogP contribution in [0, 0.1) is 15.9 Å². The summed E-state index contributed by atoms with van der Waals surface area (Å²) in [4.78, 5) is 9.19. The molecule has 0 heterocycles. The molecule has 0 saturated carbocycles. The lowest BCUT2D eigenvalue weighted by molar-refractivity contribution is -0.387. The molecule has 0 spiro atoms. The highest BCUT2D eigenvalue weighted by Gasteiger charge is 2.35. The first kappa shape index (κ1) is 17.7. The van der Waals surface area contributed by atoms with E-state index in [0.717, 1.165) is 18.2 Å². The van der Waals surface area contributed by atoms with E-state index >= 15 is 0 Å². The summed E-state index contributed by atoms with van der Waals surface area (Å²) in [6.07, 6.45) is -5.02. The van der Waals surface area contributed by atoms with Crippen molar-refractivity contribution in [3.8, 4) is 0 Å². The molecule has 0 unspecified atom stereocenters. The molecule has 0 aliphatic heterocycles. The van der Waals surface area contributed by atoms with E-state index in [1.165, 1.54) is 12.1 Å². The highest BCUT2D eigenvalue weighted by molar-refractivity contribution is 7.92. The molecule has 0 atom stereocenters. The lowest BCUT2D eigenvalue weighted by Crippen LogP contribution is -2.16. The monoisotopic (exact) mass is 364 g/mol. The maximum atomic E-state index is 13.2. The summed E-state index contributed by atoms with van der Waals surface area (Å²) in [5.74, 6) is -1.57. The first-order chi connectivity index (χ1) is 11.0. The highest BCUT2D eigenvalue weighted by atomic mass is 32.2. The fraction of sp³-hybridized carbons (Fsp3) is 0.0769. The van der Waals surface area contributed by atoms with E-state index in [4.69, 9.17) is 0 Å². The number of alkyl halides is 3. The summed E-state index contributed by atoms with van der Waals surface area (Å²) in [5.41, 5.74) is -2.99. The van der Waals surface area contributed by atoms with Crippen molar-refractivity contribution in [1.82, 2.24) is 0 Å². The second-order valence-corrected chi connectivity index (χ2v) is 6.17. The topological polar surface area (TPSA) is 89.3 Å². The number of benzene rings is 2. The van der Waals surface area contributed by atoms with Crippen molar-refractivity contribution in [2.24, 2.45) is 0 Å². The Morgan fingerprint density at radius 3 is 2.29 bits per heavy atom. The first-order valence-electron chi connectivity index (χ1n) is 6.15. The summed E-state index contributed by atoms with van der Waals surface area (Å²) in [6, 6.07) is 5.79. The molecule has 2 aromatic carbocycles. The highest BCUT2D eigenvalue weighted by Crippen LogP contribution is 2.34. The molecule has 0 saturated heterocycles. The van der Waals surface area contributed by atoms with E-state index in [9.17, 15) is 36.1 Å². The van der Waals surface area contributed by atoms with E-state index < -0.39 is 48.8 Å². The van der Waals surface area contributed by atoms with Gasteiger partial charge in [-0.05, 0) is 24.3 Å². The standard InChI is InChI=1S/C13H8F4N2O4S/c14-10-6-5-8(7-9(10)13(15,16)17)18-24(22,23)12-4-2-1-3-11(12)19(20)21/h1-7,18H. The van der Waals surface area contributed by atoms with E-state index in [1.807, 2.05) is 0 Å². The van der Waals surface area contributed by atoms with Gasteiger partial charge in [-0.2, -0.15) is 13.2 Å². The van der Waals surface area contributed by atoms with Gasteiger partial charge in [0.05, 0.1) is 10.5 Å². The molecule has 24 heavy (non-hydrogen) atoms. The Morgan fingerprint density at radius 1 is 1.08 bits per heavy atom. The quantitative estimate of drug-likeness (QED) is 0.510. The number of anilines is 1. The Hall–Kier alpha value is -2.69. The maximum absolute atomic E-state index is 13.2. The Kier molecular flexibility index (Phi) is 4.47. The van der Waals surface area contributed by atoms with Gasteiger partial charge < -0.3 is 0 Å². The molecule has 0 radical (unpaired) electrons.